The average Bonchev–Trinajstić information content (AvgIpc) is 3.03. The van der Waals surface area contributed by atoms with Crippen LogP contribution in [0.3, 0.4) is 0 Å². The van der Waals surface area contributed by atoms with Crippen LogP contribution in [-0.2, 0) is 9.59 Å². The summed E-state index contributed by atoms with van der Waals surface area (Å²) in [6, 6.07) is 11.2. The standard InChI is InChI=1S/C25H28ClN3O3/c1-16-7-8-19(15-17(16)2)22-23(28-11-9-27(10-12-28)13-14-30)25(32)29(24(22)31)21-6-4-5-20(26)18(21)3/h4-8,15,30H,9-14H2,1-3H3. The summed E-state index contributed by atoms with van der Waals surface area (Å²) in [7, 11) is 0. The Balaban J connectivity index is 1.79. The van der Waals surface area contributed by atoms with E-state index < -0.39 is 0 Å². The van der Waals surface area contributed by atoms with Crippen molar-refractivity contribution in [2.24, 2.45) is 0 Å². The molecule has 1 saturated heterocycles. The topological polar surface area (TPSA) is 64.1 Å². The lowest BCUT2D eigenvalue weighted by Crippen LogP contribution is -2.48. The molecule has 32 heavy (non-hydrogen) atoms. The van der Waals surface area contributed by atoms with E-state index in [9.17, 15) is 14.7 Å². The Morgan fingerprint density at radius 1 is 0.938 bits per heavy atom. The number of rotatable bonds is 5. The zero-order valence-corrected chi connectivity index (χ0v) is 19.4. The molecule has 2 aromatic carbocycles. The van der Waals surface area contributed by atoms with Gasteiger partial charge in [-0.15, -0.1) is 0 Å². The molecule has 2 aliphatic rings. The predicted molar refractivity (Wildman–Crippen MR) is 127 cm³/mol. The molecule has 0 spiro atoms. The number of β-amino-alcohol motifs (C(OH)–C–C–N with tert-alkyl or cyclic N) is 1. The molecule has 0 aliphatic carbocycles. The summed E-state index contributed by atoms with van der Waals surface area (Å²) in [5.41, 5.74) is 5.05. The van der Waals surface area contributed by atoms with Crippen LogP contribution in [0.25, 0.3) is 5.57 Å². The number of aliphatic hydroxyl groups excluding tert-OH is 1. The van der Waals surface area contributed by atoms with E-state index in [4.69, 9.17) is 11.6 Å². The monoisotopic (exact) mass is 453 g/mol. The maximum absolute atomic E-state index is 13.7. The molecule has 2 aromatic rings. The van der Waals surface area contributed by atoms with Gasteiger partial charge in [-0.1, -0.05) is 35.9 Å². The largest absolute Gasteiger partial charge is 0.395 e. The van der Waals surface area contributed by atoms with Crippen molar-refractivity contribution in [1.82, 2.24) is 9.80 Å². The number of imide groups is 1. The van der Waals surface area contributed by atoms with Gasteiger partial charge in [-0.05, 0) is 55.2 Å². The molecule has 7 heteroatoms. The number of carbonyl (C=O) groups is 2. The minimum Gasteiger partial charge on any atom is -0.395 e. The first-order valence-electron chi connectivity index (χ1n) is 10.9. The van der Waals surface area contributed by atoms with E-state index in [0.717, 1.165) is 29.8 Å². The summed E-state index contributed by atoms with van der Waals surface area (Å²) in [5, 5.41) is 9.76. The quantitative estimate of drug-likeness (QED) is 0.704. The second kappa shape index (κ2) is 9.06. The molecule has 0 bridgehead atoms. The number of benzene rings is 2. The highest BCUT2D eigenvalue weighted by Gasteiger charge is 2.43. The Morgan fingerprint density at radius 2 is 1.66 bits per heavy atom. The summed E-state index contributed by atoms with van der Waals surface area (Å²) < 4.78 is 0. The fraction of sp³-hybridized carbons (Fsp3) is 0.360. The number of halogens is 1. The molecule has 2 amide bonds. The lowest BCUT2D eigenvalue weighted by atomic mass is 9.99. The number of aliphatic hydroxyl groups is 1. The van der Waals surface area contributed by atoms with Crippen molar-refractivity contribution in [2.75, 3.05) is 44.2 Å². The predicted octanol–water partition coefficient (Wildman–Crippen LogP) is 3.16. The lowest BCUT2D eigenvalue weighted by molar-refractivity contribution is -0.120. The molecule has 0 aromatic heterocycles. The van der Waals surface area contributed by atoms with Crippen LogP contribution >= 0.6 is 11.6 Å². The highest BCUT2D eigenvalue weighted by Crippen LogP contribution is 2.38. The molecule has 2 aliphatic heterocycles. The minimum atomic E-state index is -0.323. The molecule has 1 fully saturated rings. The van der Waals surface area contributed by atoms with Crippen LogP contribution in [0.4, 0.5) is 5.69 Å². The third-order valence-corrected chi connectivity index (χ3v) is 6.85. The molecule has 1 N–H and O–H groups in total. The van der Waals surface area contributed by atoms with Gasteiger partial charge < -0.3 is 10.0 Å². The van der Waals surface area contributed by atoms with Crippen molar-refractivity contribution < 1.29 is 14.7 Å². The van der Waals surface area contributed by atoms with Gasteiger partial charge in [-0.3, -0.25) is 14.5 Å². The fourth-order valence-electron chi connectivity index (χ4n) is 4.36. The summed E-state index contributed by atoms with van der Waals surface area (Å²) in [5.74, 6) is -0.638. The molecule has 6 nitrogen and oxygen atoms in total. The Labute approximate surface area is 193 Å². The highest BCUT2D eigenvalue weighted by atomic mass is 35.5. The summed E-state index contributed by atoms with van der Waals surface area (Å²) >= 11 is 6.31. The third-order valence-electron chi connectivity index (χ3n) is 6.44. The van der Waals surface area contributed by atoms with Crippen LogP contribution in [-0.4, -0.2) is 66.1 Å². The van der Waals surface area contributed by atoms with Gasteiger partial charge in [0, 0.05) is 37.7 Å². The van der Waals surface area contributed by atoms with Crippen LogP contribution < -0.4 is 4.90 Å². The number of piperazine rings is 1. The molecule has 0 radical (unpaired) electrons. The van der Waals surface area contributed by atoms with E-state index in [0.29, 0.717) is 47.2 Å². The Kier molecular flexibility index (Phi) is 6.38. The first-order valence-corrected chi connectivity index (χ1v) is 11.2. The number of carbonyl (C=O) groups excluding carboxylic acids is 2. The fourth-order valence-corrected chi connectivity index (χ4v) is 4.53. The average molecular weight is 454 g/mol. The van der Waals surface area contributed by atoms with E-state index >= 15 is 0 Å². The van der Waals surface area contributed by atoms with Crippen molar-refractivity contribution in [1.29, 1.82) is 0 Å². The first kappa shape index (κ1) is 22.5. The molecule has 168 valence electrons. The number of amides is 2. The van der Waals surface area contributed by atoms with E-state index in [-0.39, 0.29) is 18.4 Å². The van der Waals surface area contributed by atoms with Crippen LogP contribution in [0.15, 0.2) is 42.1 Å². The van der Waals surface area contributed by atoms with Crippen LogP contribution in [0.2, 0.25) is 5.02 Å². The van der Waals surface area contributed by atoms with Gasteiger partial charge in [0.2, 0.25) is 0 Å². The first-order chi connectivity index (χ1) is 15.3. The molecule has 2 heterocycles. The summed E-state index contributed by atoms with van der Waals surface area (Å²) in [6.07, 6.45) is 0. The van der Waals surface area contributed by atoms with Crippen molar-refractivity contribution in [3.8, 4) is 0 Å². The second-order valence-corrected chi connectivity index (χ2v) is 8.81. The molecule has 4 rings (SSSR count). The Hall–Kier alpha value is -2.67. The third kappa shape index (κ3) is 3.94. The van der Waals surface area contributed by atoms with Gasteiger partial charge in [0.1, 0.15) is 5.70 Å². The van der Waals surface area contributed by atoms with Gasteiger partial charge in [0.25, 0.3) is 11.8 Å². The van der Waals surface area contributed by atoms with Gasteiger partial charge in [0.15, 0.2) is 0 Å². The maximum atomic E-state index is 13.7. The van der Waals surface area contributed by atoms with E-state index in [1.54, 1.807) is 18.2 Å². The molecular formula is C25H28ClN3O3. The smallest absolute Gasteiger partial charge is 0.282 e. The number of hydrogen-bond acceptors (Lipinski definition) is 5. The minimum absolute atomic E-state index is 0.107. The van der Waals surface area contributed by atoms with Crippen molar-refractivity contribution >= 4 is 34.7 Å². The van der Waals surface area contributed by atoms with E-state index in [1.165, 1.54) is 4.90 Å². The van der Waals surface area contributed by atoms with Gasteiger partial charge in [0.05, 0.1) is 17.9 Å². The van der Waals surface area contributed by atoms with Gasteiger partial charge in [-0.2, -0.15) is 0 Å². The van der Waals surface area contributed by atoms with Crippen LogP contribution in [0.1, 0.15) is 22.3 Å². The summed E-state index contributed by atoms with van der Waals surface area (Å²) in [4.78, 5) is 32.9. The van der Waals surface area contributed by atoms with E-state index in [1.807, 2.05) is 43.9 Å². The lowest BCUT2D eigenvalue weighted by Gasteiger charge is -2.36. The molecule has 0 atom stereocenters. The number of nitrogens with zero attached hydrogens (tertiary/aromatic N) is 3. The highest BCUT2D eigenvalue weighted by molar-refractivity contribution is 6.46. The van der Waals surface area contributed by atoms with Crippen LogP contribution in [0, 0.1) is 20.8 Å². The zero-order chi connectivity index (χ0) is 23.0. The number of anilines is 1. The van der Waals surface area contributed by atoms with Crippen LogP contribution in [0.5, 0.6) is 0 Å². The number of hydrogen-bond donors (Lipinski definition) is 1. The van der Waals surface area contributed by atoms with Gasteiger partial charge in [-0.25, -0.2) is 4.90 Å². The molecule has 0 saturated carbocycles. The van der Waals surface area contributed by atoms with Crippen molar-refractivity contribution in [3.05, 3.63) is 69.4 Å². The van der Waals surface area contributed by atoms with Crippen molar-refractivity contribution in [2.45, 2.75) is 20.8 Å². The summed E-state index contributed by atoms with van der Waals surface area (Å²) in [6.45, 7) is 9.25. The molecule has 0 unspecified atom stereocenters. The van der Waals surface area contributed by atoms with E-state index in [2.05, 4.69) is 4.90 Å². The SMILES string of the molecule is Cc1ccc(C2=C(N3CCN(CCO)CC3)C(=O)N(c3cccc(Cl)c3C)C2=O)cc1C. The van der Waals surface area contributed by atoms with Crippen molar-refractivity contribution in [3.63, 3.8) is 0 Å². The number of aryl methyl sites for hydroxylation is 2. The molecular weight excluding hydrogens is 426 g/mol. The Bertz CT molecular complexity index is 1100. The Morgan fingerprint density at radius 3 is 2.31 bits per heavy atom. The normalized spacial score (nSPS) is 17.7. The maximum Gasteiger partial charge on any atom is 0.282 e. The zero-order valence-electron chi connectivity index (χ0n) is 18.7. The van der Waals surface area contributed by atoms with Gasteiger partial charge >= 0.3 is 0 Å². The second-order valence-electron chi connectivity index (χ2n) is 8.40.